The van der Waals surface area contributed by atoms with E-state index in [0.29, 0.717) is 0 Å². The fourth-order valence-corrected chi connectivity index (χ4v) is 0.428. The van der Waals surface area contributed by atoms with Crippen LogP contribution in [0.15, 0.2) is 0 Å². The summed E-state index contributed by atoms with van der Waals surface area (Å²) in [5, 5.41) is 0.258. The van der Waals surface area contributed by atoms with Crippen molar-refractivity contribution in [3.63, 3.8) is 0 Å². The van der Waals surface area contributed by atoms with Gasteiger partial charge in [0.15, 0.2) is 0 Å². The molecule has 1 atom stereocenters. The van der Waals surface area contributed by atoms with Gasteiger partial charge in [-0.25, -0.2) is 4.31 Å². The van der Waals surface area contributed by atoms with Crippen LogP contribution in [0.25, 0.3) is 0 Å². The van der Waals surface area contributed by atoms with Crippen LogP contribution in [0.5, 0.6) is 0 Å². The Balaban J connectivity index is 3.14. The van der Waals surface area contributed by atoms with Crippen LogP contribution in [0.4, 0.5) is 0 Å². The van der Waals surface area contributed by atoms with E-state index in [4.69, 9.17) is 0 Å². The molecule has 0 bridgehead atoms. The third-order valence-electron chi connectivity index (χ3n) is 0.755. The first-order valence-electron chi connectivity index (χ1n) is 2.32. The molecule has 0 amide bonds. The second kappa shape index (κ2) is 3.64. The molecule has 44 valence electrons. The lowest BCUT2D eigenvalue weighted by atomic mass is 10.6. The molecule has 3 heteroatoms. The predicted octanol–water partition coefficient (Wildman–Crippen LogP) is 1.43. The molecule has 0 aliphatic heterocycles. The second-order valence-corrected chi connectivity index (χ2v) is 2.65. The summed E-state index contributed by atoms with van der Waals surface area (Å²) in [5.74, 6) is 0. The number of thiol groups is 2. The van der Waals surface area contributed by atoms with Crippen LogP contribution in [0, 0.1) is 0 Å². The summed E-state index contributed by atoms with van der Waals surface area (Å²) in [4.78, 5) is 0. The van der Waals surface area contributed by atoms with Gasteiger partial charge in [-0.15, -0.1) is 0 Å². The highest BCUT2D eigenvalue weighted by molar-refractivity contribution is 7.83. The highest BCUT2D eigenvalue weighted by Crippen LogP contribution is 2.03. The first-order valence-corrected chi connectivity index (χ1v) is 3.23. The molecule has 0 rings (SSSR count). The third kappa shape index (κ3) is 3.26. The lowest BCUT2D eigenvalue weighted by Crippen LogP contribution is -2.17. The highest BCUT2D eigenvalue weighted by atomic mass is 32.1. The molecule has 0 saturated heterocycles. The Kier molecular flexibility index (Phi) is 3.98. The molecule has 1 unspecified atom stereocenters. The first kappa shape index (κ1) is 7.66. The van der Waals surface area contributed by atoms with Gasteiger partial charge in [-0.3, -0.25) is 0 Å². The van der Waals surface area contributed by atoms with Crippen molar-refractivity contribution in [3.8, 4) is 0 Å². The van der Waals surface area contributed by atoms with Gasteiger partial charge in [0.2, 0.25) is 0 Å². The lowest BCUT2D eigenvalue weighted by Gasteiger charge is -2.14. The molecule has 1 nitrogen and oxygen atoms in total. The Bertz CT molecular complexity index is 47.0. The molecule has 0 spiro atoms. The van der Waals surface area contributed by atoms with Crippen molar-refractivity contribution >= 4 is 25.4 Å². The normalized spacial score (nSPS) is 15.0. The monoisotopic (exact) mass is 137 g/mol. The Hall–Kier alpha value is 0.660. The van der Waals surface area contributed by atoms with Crippen molar-refractivity contribution in [2.45, 2.75) is 19.2 Å². The van der Waals surface area contributed by atoms with Crippen LogP contribution >= 0.6 is 25.4 Å². The number of hydrogen-bond donors (Lipinski definition) is 2. The van der Waals surface area contributed by atoms with Crippen LogP contribution in [0.1, 0.15) is 13.8 Å². The van der Waals surface area contributed by atoms with Crippen molar-refractivity contribution in [2.75, 3.05) is 6.54 Å². The molecule has 0 aliphatic carbocycles. The van der Waals surface area contributed by atoms with E-state index < -0.39 is 0 Å². The van der Waals surface area contributed by atoms with Crippen LogP contribution in [-0.4, -0.2) is 16.2 Å². The molecule has 0 radical (unpaired) electrons. The maximum Gasteiger partial charge on any atom is 0.0595 e. The van der Waals surface area contributed by atoms with E-state index in [0.717, 1.165) is 6.54 Å². The molecule has 0 fully saturated rings. The quantitative estimate of drug-likeness (QED) is 0.430. The molecule has 0 saturated carbocycles. The summed E-state index contributed by atoms with van der Waals surface area (Å²) in [7, 11) is 0. The minimum absolute atomic E-state index is 0.258. The minimum atomic E-state index is 0.258. The smallest absolute Gasteiger partial charge is 0.0595 e. The zero-order valence-electron chi connectivity index (χ0n) is 4.63. The van der Waals surface area contributed by atoms with E-state index in [1.807, 2.05) is 18.2 Å². The Morgan fingerprint density at radius 2 is 2.14 bits per heavy atom. The molecule has 0 aromatic carbocycles. The molecule has 0 aromatic rings. The Morgan fingerprint density at radius 3 is 2.14 bits per heavy atom. The molecular weight excluding hydrogens is 126 g/mol. The number of rotatable bonds is 2. The fourth-order valence-electron chi connectivity index (χ4n) is 0.264. The average molecular weight is 137 g/mol. The number of hydrogen-bond acceptors (Lipinski definition) is 3. The summed E-state index contributed by atoms with van der Waals surface area (Å²) < 4.78 is 1.85. The average Bonchev–Trinajstić information content (AvgIpc) is 1.65. The Labute approximate surface area is 56.0 Å². The van der Waals surface area contributed by atoms with Gasteiger partial charge in [0.1, 0.15) is 0 Å². The summed E-state index contributed by atoms with van der Waals surface area (Å²) in [6.07, 6.45) is 0. The van der Waals surface area contributed by atoms with E-state index in [9.17, 15) is 0 Å². The zero-order chi connectivity index (χ0) is 5.86. The van der Waals surface area contributed by atoms with Gasteiger partial charge in [0.25, 0.3) is 0 Å². The Morgan fingerprint density at radius 1 is 1.71 bits per heavy atom. The zero-order valence-corrected chi connectivity index (χ0v) is 6.41. The van der Waals surface area contributed by atoms with Crippen molar-refractivity contribution in [3.05, 3.63) is 0 Å². The summed E-state index contributed by atoms with van der Waals surface area (Å²) in [6.45, 7) is 4.97. The van der Waals surface area contributed by atoms with Gasteiger partial charge in [-0.2, -0.15) is 12.6 Å². The highest BCUT2D eigenvalue weighted by Gasteiger charge is 1.98. The van der Waals surface area contributed by atoms with Gasteiger partial charge in [0, 0.05) is 6.54 Å². The molecule has 7 heavy (non-hydrogen) atoms. The SMILES string of the molecule is CCN(S)C(C)S. The largest absolute Gasteiger partial charge is 0.241 e. The van der Waals surface area contributed by atoms with Crippen molar-refractivity contribution < 1.29 is 0 Å². The third-order valence-corrected chi connectivity index (χ3v) is 1.85. The number of nitrogens with zero attached hydrogens (tertiary/aromatic N) is 1. The van der Waals surface area contributed by atoms with Gasteiger partial charge in [0.05, 0.1) is 5.37 Å². The van der Waals surface area contributed by atoms with Gasteiger partial charge >= 0.3 is 0 Å². The lowest BCUT2D eigenvalue weighted by molar-refractivity contribution is 0.500. The summed E-state index contributed by atoms with van der Waals surface area (Å²) in [5.41, 5.74) is 0. The molecular formula is C4H11NS2. The topological polar surface area (TPSA) is 3.24 Å². The summed E-state index contributed by atoms with van der Waals surface area (Å²) >= 11 is 8.20. The minimum Gasteiger partial charge on any atom is -0.241 e. The maximum atomic E-state index is 4.12. The van der Waals surface area contributed by atoms with Crippen LogP contribution in [0.3, 0.4) is 0 Å². The fraction of sp³-hybridized carbons (Fsp3) is 1.00. The van der Waals surface area contributed by atoms with Crippen LogP contribution < -0.4 is 0 Å². The predicted molar refractivity (Wildman–Crippen MR) is 39.8 cm³/mol. The maximum absolute atomic E-state index is 4.12. The van der Waals surface area contributed by atoms with Gasteiger partial charge < -0.3 is 0 Å². The van der Waals surface area contributed by atoms with Gasteiger partial charge in [-0.05, 0) is 6.92 Å². The molecule has 0 aromatic heterocycles. The van der Waals surface area contributed by atoms with E-state index in [1.165, 1.54) is 0 Å². The van der Waals surface area contributed by atoms with E-state index in [2.05, 4.69) is 25.4 Å². The van der Waals surface area contributed by atoms with E-state index in [-0.39, 0.29) is 5.37 Å². The first-order chi connectivity index (χ1) is 3.18. The van der Waals surface area contributed by atoms with E-state index >= 15 is 0 Å². The van der Waals surface area contributed by atoms with Gasteiger partial charge in [-0.1, -0.05) is 19.7 Å². The van der Waals surface area contributed by atoms with Crippen LogP contribution in [-0.2, 0) is 0 Å². The second-order valence-electron chi connectivity index (χ2n) is 1.39. The van der Waals surface area contributed by atoms with E-state index in [1.54, 1.807) is 0 Å². The van der Waals surface area contributed by atoms with Crippen molar-refractivity contribution in [1.29, 1.82) is 0 Å². The molecule has 0 N–H and O–H groups in total. The van der Waals surface area contributed by atoms with Crippen molar-refractivity contribution in [1.82, 2.24) is 4.31 Å². The van der Waals surface area contributed by atoms with Crippen molar-refractivity contribution in [2.24, 2.45) is 0 Å². The van der Waals surface area contributed by atoms with Crippen LogP contribution in [0.2, 0.25) is 0 Å². The standard InChI is InChI=1S/C4H11NS2/c1-3-5(7)4(2)6/h4,6-7H,3H2,1-2H3. The molecule has 0 heterocycles. The molecule has 0 aliphatic rings. The summed E-state index contributed by atoms with van der Waals surface area (Å²) in [6, 6.07) is 0.